The Hall–Kier alpha value is -2.51. The number of benzene rings is 1. The van der Waals surface area contributed by atoms with Gasteiger partial charge in [0, 0.05) is 45.8 Å². The number of aromatic nitrogens is 2. The first-order valence-electron chi connectivity index (χ1n) is 9.31. The number of hydrogen-bond acceptors (Lipinski definition) is 6. The fourth-order valence-corrected chi connectivity index (χ4v) is 3.04. The molecule has 0 atom stereocenters. The van der Waals surface area contributed by atoms with Crippen LogP contribution in [0.3, 0.4) is 0 Å². The van der Waals surface area contributed by atoms with Gasteiger partial charge in [0.2, 0.25) is 0 Å². The third-order valence-electron chi connectivity index (χ3n) is 4.53. The summed E-state index contributed by atoms with van der Waals surface area (Å²) in [5, 5.41) is 2.96. The van der Waals surface area contributed by atoms with Gasteiger partial charge in [-0.05, 0) is 12.5 Å². The van der Waals surface area contributed by atoms with E-state index in [1.807, 2.05) is 37.1 Å². The number of hydrogen-bond donors (Lipinski definition) is 1. The van der Waals surface area contributed by atoms with Gasteiger partial charge in [-0.1, -0.05) is 30.3 Å². The van der Waals surface area contributed by atoms with E-state index in [-0.39, 0.29) is 5.91 Å². The van der Waals surface area contributed by atoms with Crippen molar-refractivity contribution in [2.75, 3.05) is 51.3 Å². The monoisotopic (exact) mass is 369 g/mol. The molecule has 1 aromatic heterocycles. The highest BCUT2D eigenvalue weighted by molar-refractivity contribution is 5.92. The predicted octanol–water partition coefficient (Wildman–Crippen LogP) is 1.48. The Kier molecular flexibility index (Phi) is 6.73. The van der Waals surface area contributed by atoms with E-state index in [0.29, 0.717) is 18.1 Å². The molecule has 3 rings (SSSR count). The summed E-state index contributed by atoms with van der Waals surface area (Å²) in [5.74, 6) is 1.17. The minimum Gasteiger partial charge on any atom is -0.379 e. The van der Waals surface area contributed by atoms with Crippen molar-refractivity contribution in [2.24, 2.45) is 0 Å². The number of aryl methyl sites for hydroxylation is 1. The van der Waals surface area contributed by atoms with Crippen LogP contribution < -0.4 is 10.2 Å². The first kappa shape index (κ1) is 19.3. The minimum atomic E-state index is -0.164. The second kappa shape index (κ2) is 9.43. The normalized spacial score (nSPS) is 14.7. The summed E-state index contributed by atoms with van der Waals surface area (Å²) in [7, 11) is 1.97. The molecule has 1 saturated heterocycles. The lowest BCUT2D eigenvalue weighted by Gasteiger charge is -2.26. The first-order valence-corrected chi connectivity index (χ1v) is 9.31. The number of anilines is 1. The van der Waals surface area contributed by atoms with Gasteiger partial charge in [-0.2, -0.15) is 0 Å². The maximum absolute atomic E-state index is 12.5. The van der Waals surface area contributed by atoms with Gasteiger partial charge < -0.3 is 15.0 Å². The Morgan fingerprint density at radius 1 is 1.22 bits per heavy atom. The van der Waals surface area contributed by atoms with Crippen LogP contribution in [0.2, 0.25) is 0 Å². The molecule has 1 fully saturated rings. The molecular weight excluding hydrogens is 342 g/mol. The number of ether oxygens (including phenoxy) is 1. The summed E-state index contributed by atoms with van der Waals surface area (Å²) in [4.78, 5) is 25.6. The van der Waals surface area contributed by atoms with E-state index >= 15 is 0 Å². The Bertz CT molecular complexity index is 747. The van der Waals surface area contributed by atoms with Crippen LogP contribution in [-0.4, -0.2) is 67.2 Å². The molecule has 1 N–H and O–H groups in total. The number of rotatable bonds is 7. The highest BCUT2D eigenvalue weighted by Crippen LogP contribution is 2.14. The van der Waals surface area contributed by atoms with E-state index in [9.17, 15) is 4.79 Å². The van der Waals surface area contributed by atoms with Gasteiger partial charge in [-0.25, -0.2) is 9.97 Å². The lowest BCUT2D eigenvalue weighted by molar-refractivity contribution is 0.0383. The van der Waals surface area contributed by atoms with Crippen LogP contribution in [0.25, 0.3) is 0 Å². The number of morpholine rings is 1. The largest absolute Gasteiger partial charge is 0.379 e. The molecule has 1 amide bonds. The van der Waals surface area contributed by atoms with Gasteiger partial charge in [0.25, 0.3) is 5.91 Å². The van der Waals surface area contributed by atoms with Gasteiger partial charge in [0.05, 0.1) is 13.2 Å². The lowest BCUT2D eigenvalue weighted by Crippen LogP contribution is -2.41. The highest BCUT2D eigenvalue weighted by Gasteiger charge is 2.14. The fraction of sp³-hybridized carbons (Fsp3) is 0.450. The van der Waals surface area contributed by atoms with Gasteiger partial charge in [-0.15, -0.1) is 0 Å². The van der Waals surface area contributed by atoms with Crippen molar-refractivity contribution >= 4 is 11.7 Å². The molecule has 0 saturated carbocycles. The Morgan fingerprint density at radius 2 is 1.96 bits per heavy atom. The molecule has 2 heterocycles. The summed E-state index contributed by atoms with van der Waals surface area (Å²) in [6.07, 6.45) is 0. The topological polar surface area (TPSA) is 70.6 Å². The lowest BCUT2D eigenvalue weighted by atomic mass is 10.2. The number of carbonyl (C=O) groups excluding carboxylic acids is 1. The Labute approximate surface area is 160 Å². The summed E-state index contributed by atoms with van der Waals surface area (Å²) in [6.45, 7) is 7.29. The van der Waals surface area contributed by atoms with Crippen molar-refractivity contribution < 1.29 is 9.53 Å². The average molecular weight is 369 g/mol. The zero-order valence-electron chi connectivity index (χ0n) is 16.0. The molecule has 7 heteroatoms. The van der Waals surface area contributed by atoms with Gasteiger partial charge in [0.15, 0.2) is 0 Å². The summed E-state index contributed by atoms with van der Waals surface area (Å²) < 4.78 is 5.34. The van der Waals surface area contributed by atoms with Gasteiger partial charge in [0.1, 0.15) is 17.3 Å². The number of nitrogens with zero attached hydrogens (tertiary/aromatic N) is 4. The van der Waals surface area contributed by atoms with Crippen molar-refractivity contribution in [3.05, 3.63) is 53.5 Å². The molecule has 27 heavy (non-hydrogen) atoms. The van der Waals surface area contributed by atoms with Crippen molar-refractivity contribution in [1.29, 1.82) is 0 Å². The molecule has 1 aliphatic rings. The third kappa shape index (κ3) is 5.74. The van der Waals surface area contributed by atoms with Crippen molar-refractivity contribution in [1.82, 2.24) is 20.2 Å². The standard InChI is InChI=1S/C20H27N5O2/c1-16-22-18(20(26)21-8-9-25-10-12-27-13-11-25)14-19(23-16)24(2)15-17-6-4-3-5-7-17/h3-7,14H,8-13,15H2,1-2H3,(H,21,26). The zero-order chi connectivity index (χ0) is 19.1. The summed E-state index contributed by atoms with van der Waals surface area (Å²) in [6, 6.07) is 11.9. The molecule has 0 bridgehead atoms. The average Bonchev–Trinajstić information content (AvgIpc) is 2.69. The maximum Gasteiger partial charge on any atom is 0.270 e. The van der Waals surface area contributed by atoms with Crippen LogP contribution in [0, 0.1) is 6.92 Å². The van der Waals surface area contributed by atoms with Crippen LogP contribution in [0.5, 0.6) is 0 Å². The van der Waals surface area contributed by atoms with E-state index in [4.69, 9.17) is 4.74 Å². The van der Waals surface area contributed by atoms with Crippen LogP contribution >= 0.6 is 0 Å². The predicted molar refractivity (Wildman–Crippen MR) is 105 cm³/mol. The molecule has 0 spiro atoms. The van der Waals surface area contributed by atoms with E-state index in [2.05, 4.69) is 32.3 Å². The molecule has 0 unspecified atom stereocenters. The third-order valence-corrected chi connectivity index (χ3v) is 4.53. The molecule has 1 aliphatic heterocycles. The van der Waals surface area contributed by atoms with Crippen LogP contribution in [0.15, 0.2) is 36.4 Å². The summed E-state index contributed by atoms with van der Waals surface area (Å²) >= 11 is 0. The smallest absolute Gasteiger partial charge is 0.270 e. The molecule has 7 nitrogen and oxygen atoms in total. The Morgan fingerprint density at radius 3 is 2.70 bits per heavy atom. The van der Waals surface area contributed by atoms with Gasteiger partial charge in [-0.3, -0.25) is 9.69 Å². The van der Waals surface area contributed by atoms with Crippen LogP contribution in [0.1, 0.15) is 21.9 Å². The maximum atomic E-state index is 12.5. The van der Waals surface area contributed by atoms with E-state index in [1.54, 1.807) is 6.07 Å². The molecular formula is C20H27N5O2. The van der Waals surface area contributed by atoms with E-state index in [0.717, 1.165) is 45.2 Å². The minimum absolute atomic E-state index is 0.164. The molecule has 0 radical (unpaired) electrons. The molecule has 2 aromatic rings. The van der Waals surface area contributed by atoms with Crippen LogP contribution in [0.4, 0.5) is 5.82 Å². The van der Waals surface area contributed by atoms with Crippen molar-refractivity contribution in [2.45, 2.75) is 13.5 Å². The number of carbonyl (C=O) groups is 1. The first-order chi connectivity index (χ1) is 13.1. The van der Waals surface area contributed by atoms with Crippen molar-refractivity contribution in [3.8, 4) is 0 Å². The van der Waals surface area contributed by atoms with E-state index < -0.39 is 0 Å². The van der Waals surface area contributed by atoms with E-state index in [1.165, 1.54) is 5.56 Å². The second-order valence-electron chi connectivity index (χ2n) is 6.71. The van der Waals surface area contributed by atoms with Crippen molar-refractivity contribution in [3.63, 3.8) is 0 Å². The quantitative estimate of drug-likeness (QED) is 0.797. The zero-order valence-corrected chi connectivity index (χ0v) is 16.0. The summed E-state index contributed by atoms with van der Waals surface area (Å²) in [5.41, 5.74) is 1.59. The SMILES string of the molecule is Cc1nc(C(=O)NCCN2CCOCC2)cc(N(C)Cc2ccccc2)n1. The second-order valence-corrected chi connectivity index (χ2v) is 6.71. The van der Waals surface area contributed by atoms with Gasteiger partial charge >= 0.3 is 0 Å². The fourth-order valence-electron chi connectivity index (χ4n) is 3.04. The number of nitrogens with one attached hydrogen (secondary N) is 1. The van der Waals surface area contributed by atoms with Crippen LogP contribution in [-0.2, 0) is 11.3 Å². The molecule has 1 aromatic carbocycles. The highest BCUT2D eigenvalue weighted by atomic mass is 16.5. The number of amides is 1. The molecule has 144 valence electrons. The Balaban J connectivity index is 1.59. The molecule has 0 aliphatic carbocycles.